The SMILES string of the molecule is CCCCCCCCCCCCCCOC(=O)C1=C(C)NC(C)=C(C(=O)OCCCCCCCCCCCCCC)C1c1ccc[n+](C)c1.[I-]. The number of aromatic nitrogens is 1. The van der Waals surface area contributed by atoms with Gasteiger partial charge in [-0.15, -0.1) is 0 Å². The molecule has 7 heteroatoms. The lowest BCUT2D eigenvalue weighted by molar-refractivity contribution is -0.671. The van der Waals surface area contributed by atoms with E-state index in [-0.39, 0.29) is 35.9 Å². The molecule has 1 aromatic heterocycles. The molecule has 286 valence electrons. The zero-order valence-corrected chi connectivity index (χ0v) is 34.9. The highest BCUT2D eigenvalue weighted by Crippen LogP contribution is 2.39. The second-order valence-corrected chi connectivity index (χ2v) is 14.5. The van der Waals surface area contributed by atoms with Gasteiger partial charge in [0.05, 0.1) is 30.3 Å². The van der Waals surface area contributed by atoms with Gasteiger partial charge in [0.1, 0.15) is 7.05 Å². The topological polar surface area (TPSA) is 68.5 Å². The molecule has 0 saturated heterocycles. The van der Waals surface area contributed by atoms with E-state index in [1.807, 2.05) is 50.0 Å². The zero-order chi connectivity index (χ0) is 35.5. The maximum atomic E-state index is 13.6. The average Bonchev–Trinajstić information content (AvgIpc) is 3.08. The van der Waals surface area contributed by atoms with Gasteiger partial charge in [-0.25, -0.2) is 14.2 Å². The van der Waals surface area contributed by atoms with Crippen LogP contribution < -0.4 is 33.9 Å². The lowest BCUT2D eigenvalue weighted by atomic mass is 9.81. The molecule has 1 aromatic rings. The third kappa shape index (κ3) is 19.1. The number of ether oxygens (including phenoxy) is 2. The normalized spacial score (nSPS) is 13.3. The van der Waals surface area contributed by atoms with Gasteiger partial charge in [-0.3, -0.25) is 0 Å². The minimum absolute atomic E-state index is 0. The number of nitrogens with zero attached hydrogens (tertiary/aromatic N) is 1. The quantitative estimate of drug-likeness (QED) is 0.0383. The molecule has 0 aromatic carbocycles. The largest absolute Gasteiger partial charge is 1.00 e. The highest BCUT2D eigenvalue weighted by atomic mass is 127. The fraction of sp³-hybridized carbons (Fsp3) is 0.744. The van der Waals surface area contributed by atoms with Gasteiger partial charge >= 0.3 is 11.9 Å². The Hall–Kier alpha value is -1.90. The molecule has 0 unspecified atom stereocenters. The Kier molecular flexibility index (Phi) is 27.4. The minimum atomic E-state index is -0.544. The number of rotatable bonds is 29. The van der Waals surface area contributed by atoms with E-state index in [9.17, 15) is 9.59 Å². The summed E-state index contributed by atoms with van der Waals surface area (Å²) in [4.78, 5) is 27.3. The first-order valence-electron chi connectivity index (χ1n) is 20.4. The molecule has 0 atom stereocenters. The van der Waals surface area contributed by atoms with Crippen molar-refractivity contribution in [1.29, 1.82) is 0 Å². The van der Waals surface area contributed by atoms with Gasteiger partial charge in [0.15, 0.2) is 12.4 Å². The number of unbranched alkanes of at least 4 members (excludes halogenated alkanes) is 22. The van der Waals surface area contributed by atoms with Crippen LogP contribution in [0.15, 0.2) is 47.1 Å². The molecule has 2 rings (SSSR count). The molecule has 1 aliphatic rings. The van der Waals surface area contributed by atoms with Crippen LogP contribution >= 0.6 is 0 Å². The number of nitrogens with one attached hydrogen (secondary N) is 1. The van der Waals surface area contributed by atoms with Crippen LogP contribution in [0.5, 0.6) is 0 Å². The highest BCUT2D eigenvalue weighted by Gasteiger charge is 2.39. The van der Waals surface area contributed by atoms with Crippen molar-refractivity contribution in [2.24, 2.45) is 7.05 Å². The van der Waals surface area contributed by atoms with Gasteiger partial charge in [0.25, 0.3) is 0 Å². The third-order valence-corrected chi connectivity index (χ3v) is 9.96. The molecule has 0 bridgehead atoms. The van der Waals surface area contributed by atoms with Gasteiger partial charge in [0.2, 0.25) is 0 Å². The molecule has 6 nitrogen and oxygen atoms in total. The van der Waals surface area contributed by atoms with Crippen molar-refractivity contribution < 1.29 is 47.6 Å². The van der Waals surface area contributed by atoms with E-state index in [0.29, 0.717) is 24.4 Å². The van der Waals surface area contributed by atoms with Crippen molar-refractivity contribution in [3.63, 3.8) is 0 Å². The first-order chi connectivity index (χ1) is 23.9. The summed E-state index contributed by atoms with van der Waals surface area (Å²) in [6.45, 7) is 9.11. The van der Waals surface area contributed by atoms with Crippen LogP contribution in [0.1, 0.15) is 193 Å². The fourth-order valence-electron chi connectivity index (χ4n) is 7.02. The van der Waals surface area contributed by atoms with Gasteiger partial charge in [-0.2, -0.15) is 0 Å². The molecule has 50 heavy (non-hydrogen) atoms. The Labute approximate surface area is 324 Å². The summed E-state index contributed by atoms with van der Waals surface area (Å²) >= 11 is 0. The molecule has 0 fully saturated rings. The maximum absolute atomic E-state index is 13.6. The van der Waals surface area contributed by atoms with Crippen LogP contribution in [0, 0.1) is 0 Å². The summed E-state index contributed by atoms with van der Waals surface area (Å²) in [6, 6.07) is 3.93. The first-order valence-corrected chi connectivity index (χ1v) is 20.4. The monoisotopic (exact) mass is 808 g/mol. The Bertz CT molecular complexity index is 1070. The van der Waals surface area contributed by atoms with Crippen LogP contribution in [0.4, 0.5) is 0 Å². The number of hydrogen-bond acceptors (Lipinski definition) is 5. The smallest absolute Gasteiger partial charge is 0.336 e. The van der Waals surface area contributed by atoms with Crippen LogP contribution in [-0.4, -0.2) is 25.2 Å². The Morgan fingerprint density at radius 2 is 0.940 bits per heavy atom. The van der Waals surface area contributed by atoms with Crippen molar-refractivity contribution in [3.05, 3.63) is 52.6 Å². The van der Waals surface area contributed by atoms with E-state index in [1.54, 1.807) is 0 Å². The number of carbonyl (C=O) groups excluding carboxylic acids is 2. The van der Waals surface area contributed by atoms with Crippen molar-refractivity contribution in [3.8, 4) is 0 Å². The molecule has 1 aliphatic heterocycles. The fourth-order valence-corrected chi connectivity index (χ4v) is 7.02. The third-order valence-electron chi connectivity index (χ3n) is 9.96. The summed E-state index contributed by atoms with van der Waals surface area (Å²) in [5.74, 6) is -1.26. The summed E-state index contributed by atoms with van der Waals surface area (Å²) < 4.78 is 13.7. The van der Waals surface area contributed by atoms with Crippen LogP contribution in [0.25, 0.3) is 0 Å². The molecule has 0 spiro atoms. The lowest BCUT2D eigenvalue weighted by Crippen LogP contribution is -3.00. The Balaban J connectivity index is 0.0000125. The number of allylic oxidation sites excluding steroid dienone is 2. The van der Waals surface area contributed by atoms with Gasteiger partial charge in [-0.05, 0) is 32.8 Å². The highest BCUT2D eigenvalue weighted by molar-refractivity contribution is 5.99. The lowest BCUT2D eigenvalue weighted by Gasteiger charge is -2.30. The number of halogens is 1. The number of dihydropyridines is 1. The average molecular weight is 809 g/mol. The molecule has 0 aliphatic carbocycles. The van der Waals surface area contributed by atoms with E-state index < -0.39 is 5.92 Å². The van der Waals surface area contributed by atoms with Crippen LogP contribution in [0.2, 0.25) is 0 Å². The minimum Gasteiger partial charge on any atom is -1.00 e. The predicted octanol–water partition coefficient (Wildman–Crippen LogP) is 8.24. The zero-order valence-electron chi connectivity index (χ0n) is 32.7. The van der Waals surface area contributed by atoms with Crippen molar-refractivity contribution in [2.75, 3.05) is 13.2 Å². The Morgan fingerprint density at radius 3 is 1.28 bits per heavy atom. The van der Waals surface area contributed by atoms with E-state index in [0.717, 1.165) is 42.6 Å². The molecule has 0 saturated carbocycles. The van der Waals surface area contributed by atoms with Crippen LogP contribution in [-0.2, 0) is 26.1 Å². The molecule has 0 amide bonds. The number of carbonyl (C=O) groups is 2. The van der Waals surface area contributed by atoms with Crippen LogP contribution in [0.3, 0.4) is 0 Å². The second-order valence-electron chi connectivity index (χ2n) is 14.5. The van der Waals surface area contributed by atoms with Crippen molar-refractivity contribution in [2.45, 2.75) is 188 Å². The molecular formula is C43H73IN2O4. The number of esters is 2. The van der Waals surface area contributed by atoms with E-state index in [4.69, 9.17) is 9.47 Å². The summed E-state index contributed by atoms with van der Waals surface area (Å²) in [5.41, 5.74) is 3.32. The summed E-state index contributed by atoms with van der Waals surface area (Å²) in [6.07, 6.45) is 34.2. The summed E-state index contributed by atoms with van der Waals surface area (Å²) in [7, 11) is 1.95. The first kappa shape index (κ1) is 46.1. The maximum Gasteiger partial charge on any atom is 0.336 e. The number of hydrogen-bond donors (Lipinski definition) is 1. The van der Waals surface area contributed by atoms with E-state index >= 15 is 0 Å². The van der Waals surface area contributed by atoms with Gasteiger partial charge in [0, 0.05) is 23.0 Å². The standard InChI is InChI=1S/C43H72N2O4.HI/c1-6-8-10-12-14-16-18-20-22-24-26-28-33-48-42(46)39-36(3)44-37(4)40(41(39)38-31-30-32-45(5)35-38)43(47)49-34-29-27-25-23-21-19-17-15-13-11-9-7-2;/h30-32,35,41H,6-29,33-34H2,1-5H3;1H. The van der Waals surface area contributed by atoms with Gasteiger partial charge in [-0.1, -0.05) is 155 Å². The molecular weight excluding hydrogens is 735 g/mol. The summed E-state index contributed by atoms with van der Waals surface area (Å²) in [5, 5.41) is 3.30. The van der Waals surface area contributed by atoms with Crippen molar-refractivity contribution >= 4 is 11.9 Å². The molecule has 1 N–H and O–H groups in total. The predicted molar refractivity (Wildman–Crippen MR) is 203 cm³/mol. The second kappa shape index (κ2) is 29.7. The number of aryl methyl sites for hydroxylation is 1. The number of pyridine rings is 1. The Morgan fingerprint density at radius 1 is 0.600 bits per heavy atom. The van der Waals surface area contributed by atoms with Crippen molar-refractivity contribution in [1.82, 2.24) is 5.32 Å². The molecule has 2 heterocycles. The van der Waals surface area contributed by atoms with E-state index in [2.05, 4.69) is 19.2 Å². The molecule has 0 radical (unpaired) electrons. The van der Waals surface area contributed by atoms with Gasteiger partial charge < -0.3 is 38.8 Å². The van der Waals surface area contributed by atoms with E-state index in [1.165, 1.54) is 128 Å².